The van der Waals surface area contributed by atoms with Crippen molar-refractivity contribution in [3.05, 3.63) is 35.4 Å². The average Bonchev–Trinajstić information content (AvgIpc) is 2.28. The molecule has 1 atom stereocenters. The number of amides is 1. The molecule has 0 fully saturated rings. The maximum absolute atomic E-state index is 13.4. The zero-order valence-corrected chi connectivity index (χ0v) is 11.3. The van der Waals surface area contributed by atoms with E-state index in [4.69, 9.17) is 0 Å². The Balaban J connectivity index is 2.68. The number of rotatable bonds is 5. The summed E-state index contributed by atoms with van der Waals surface area (Å²) in [6, 6.07) is 3.41. The van der Waals surface area contributed by atoms with Crippen molar-refractivity contribution in [2.45, 2.75) is 32.8 Å². The van der Waals surface area contributed by atoms with Crippen molar-refractivity contribution in [1.29, 1.82) is 0 Å². The van der Waals surface area contributed by atoms with Gasteiger partial charge in [-0.2, -0.15) is 0 Å². The van der Waals surface area contributed by atoms with Crippen LogP contribution in [0.1, 0.15) is 37.6 Å². The first-order valence-electron chi connectivity index (χ1n) is 6.17. The fraction of sp³-hybridized carbons (Fsp3) is 0.500. The summed E-state index contributed by atoms with van der Waals surface area (Å²) in [6.45, 7) is 5.47. The molecule has 0 saturated carbocycles. The molecule has 1 amide bonds. The molecule has 5 heteroatoms. The van der Waals surface area contributed by atoms with Gasteiger partial charge in [0.05, 0.1) is 11.2 Å². The molecule has 0 saturated heterocycles. The van der Waals surface area contributed by atoms with Crippen molar-refractivity contribution in [1.82, 2.24) is 5.32 Å². The van der Waals surface area contributed by atoms with E-state index in [1.54, 1.807) is 6.92 Å². The largest absolute Gasteiger partial charge is 0.388 e. The van der Waals surface area contributed by atoms with E-state index in [-0.39, 0.29) is 18.0 Å². The Morgan fingerprint density at radius 2 is 2.05 bits per heavy atom. The Morgan fingerprint density at radius 1 is 1.42 bits per heavy atom. The number of carbonyl (C=O) groups excluding carboxylic acids is 1. The quantitative estimate of drug-likeness (QED) is 0.864. The van der Waals surface area contributed by atoms with Gasteiger partial charge in [0.15, 0.2) is 11.6 Å². The third-order valence-corrected chi connectivity index (χ3v) is 2.67. The fourth-order valence-electron chi connectivity index (χ4n) is 2.00. The Bertz CT molecular complexity index is 459. The Labute approximate surface area is 111 Å². The number of hydrogen-bond donors (Lipinski definition) is 2. The van der Waals surface area contributed by atoms with E-state index in [1.165, 1.54) is 12.1 Å². The monoisotopic (exact) mass is 271 g/mol. The normalized spacial score (nSPS) is 14.3. The van der Waals surface area contributed by atoms with Crippen LogP contribution in [-0.2, 0) is 0 Å². The van der Waals surface area contributed by atoms with Gasteiger partial charge in [-0.15, -0.1) is 0 Å². The van der Waals surface area contributed by atoms with Crippen molar-refractivity contribution < 1.29 is 18.7 Å². The van der Waals surface area contributed by atoms with E-state index < -0.39 is 23.1 Å². The zero-order valence-electron chi connectivity index (χ0n) is 11.3. The molecule has 1 aromatic rings. The lowest BCUT2D eigenvalue weighted by atomic mass is 9.94. The van der Waals surface area contributed by atoms with Gasteiger partial charge in [-0.05, 0) is 31.4 Å². The minimum absolute atomic E-state index is 0.0139. The van der Waals surface area contributed by atoms with Gasteiger partial charge in [0.25, 0.3) is 5.91 Å². The highest BCUT2D eigenvalue weighted by atomic mass is 19.2. The molecule has 1 unspecified atom stereocenters. The minimum Gasteiger partial charge on any atom is -0.388 e. The number of halogens is 2. The highest BCUT2D eigenvalue weighted by Crippen LogP contribution is 2.16. The van der Waals surface area contributed by atoms with Crippen LogP contribution in [0.25, 0.3) is 0 Å². The summed E-state index contributed by atoms with van der Waals surface area (Å²) in [6.07, 6.45) is 0.499. The first-order chi connectivity index (χ1) is 8.73. The Hall–Kier alpha value is -1.49. The van der Waals surface area contributed by atoms with Crippen LogP contribution in [-0.4, -0.2) is 23.2 Å². The molecular weight excluding hydrogens is 252 g/mol. The number of aliphatic hydroxyl groups is 1. The van der Waals surface area contributed by atoms with E-state index in [0.29, 0.717) is 6.42 Å². The predicted octanol–water partition coefficient (Wildman–Crippen LogP) is 2.49. The Kier molecular flexibility index (Phi) is 5.00. The van der Waals surface area contributed by atoms with Crippen LogP contribution in [0, 0.1) is 17.6 Å². The number of carbonyl (C=O) groups is 1. The summed E-state index contributed by atoms with van der Waals surface area (Å²) in [4.78, 5) is 11.7. The van der Waals surface area contributed by atoms with Gasteiger partial charge in [-0.1, -0.05) is 19.9 Å². The molecule has 19 heavy (non-hydrogen) atoms. The number of benzene rings is 1. The van der Waals surface area contributed by atoms with Gasteiger partial charge in [0.2, 0.25) is 0 Å². The summed E-state index contributed by atoms with van der Waals surface area (Å²) in [5.74, 6) is -2.72. The summed E-state index contributed by atoms with van der Waals surface area (Å²) in [5, 5.41) is 12.4. The lowest BCUT2D eigenvalue weighted by molar-refractivity contribution is 0.0367. The van der Waals surface area contributed by atoms with Crippen LogP contribution in [0.3, 0.4) is 0 Å². The average molecular weight is 271 g/mol. The zero-order chi connectivity index (χ0) is 14.6. The van der Waals surface area contributed by atoms with Crippen LogP contribution in [0.5, 0.6) is 0 Å². The smallest absolute Gasteiger partial charge is 0.254 e. The van der Waals surface area contributed by atoms with E-state index in [2.05, 4.69) is 5.32 Å². The molecule has 0 aliphatic rings. The van der Waals surface area contributed by atoms with Crippen molar-refractivity contribution in [3.8, 4) is 0 Å². The summed E-state index contributed by atoms with van der Waals surface area (Å²) in [5.41, 5.74) is -1.44. The van der Waals surface area contributed by atoms with Crippen molar-refractivity contribution in [2.75, 3.05) is 6.54 Å². The standard InChI is InChI=1S/C14H19F2NO2/c1-9(2)7-14(3,19)8-17-13(18)10-5-4-6-11(15)12(10)16/h4-6,9,19H,7-8H2,1-3H3,(H,17,18). The van der Waals surface area contributed by atoms with E-state index >= 15 is 0 Å². The molecule has 2 N–H and O–H groups in total. The summed E-state index contributed by atoms with van der Waals surface area (Å²) >= 11 is 0. The molecule has 106 valence electrons. The van der Waals surface area contributed by atoms with E-state index in [9.17, 15) is 18.7 Å². The Morgan fingerprint density at radius 3 is 2.63 bits per heavy atom. The maximum atomic E-state index is 13.4. The summed E-state index contributed by atoms with van der Waals surface area (Å²) < 4.78 is 26.4. The highest BCUT2D eigenvalue weighted by Gasteiger charge is 2.24. The third kappa shape index (κ3) is 4.59. The van der Waals surface area contributed by atoms with Gasteiger partial charge in [-0.25, -0.2) is 8.78 Å². The second-order valence-electron chi connectivity index (χ2n) is 5.38. The highest BCUT2D eigenvalue weighted by molar-refractivity contribution is 5.94. The molecule has 1 rings (SSSR count). The second kappa shape index (κ2) is 6.10. The first kappa shape index (κ1) is 15.6. The molecule has 0 heterocycles. The molecule has 3 nitrogen and oxygen atoms in total. The first-order valence-corrected chi connectivity index (χ1v) is 6.17. The van der Waals surface area contributed by atoms with Crippen LogP contribution in [0.2, 0.25) is 0 Å². The van der Waals surface area contributed by atoms with Gasteiger partial charge in [-0.3, -0.25) is 4.79 Å². The maximum Gasteiger partial charge on any atom is 0.254 e. The minimum atomic E-state index is -1.18. The fourth-order valence-corrected chi connectivity index (χ4v) is 2.00. The third-order valence-electron chi connectivity index (χ3n) is 2.67. The lowest BCUT2D eigenvalue weighted by Gasteiger charge is -2.25. The van der Waals surface area contributed by atoms with Crippen molar-refractivity contribution in [2.24, 2.45) is 5.92 Å². The van der Waals surface area contributed by atoms with Crippen LogP contribution in [0.4, 0.5) is 8.78 Å². The number of hydrogen-bond acceptors (Lipinski definition) is 2. The van der Waals surface area contributed by atoms with Gasteiger partial charge in [0, 0.05) is 6.54 Å². The molecule has 0 aromatic heterocycles. The SMILES string of the molecule is CC(C)CC(C)(O)CNC(=O)c1cccc(F)c1F. The molecule has 0 bridgehead atoms. The van der Waals surface area contributed by atoms with Crippen molar-refractivity contribution >= 4 is 5.91 Å². The van der Waals surface area contributed by atoms with Gasteiger partial charge >= 0.3 is 0 Å². The van der Waals surface area contributed by atoms with Crippen LogP contribution in [0.15, 0.2) is 18.2 Å². The summed E-state index contributed by atoms with van der Waals surface area (Å²) in [7, 11) is 0. The lowest BCUT2D eigenvalue weighted by Crippen LogP contribution is -2.41. The van der Waals surface area contributed by atoms with Crippen LogP contribution >= 0.6 is 0 Å². The second-order valence-corrected chi connectivity index (χ2v) is 5.38. The predicted molar refractivity (Wildman–Crippen MR) is 68.8 cm³/mol. The molecule has 0 spiro atoms. The molecule has 0 radical (unpaired) electrons. The molecule has 0 aliphatic heterocycles. The number of nitrogens with one attached hydrogen (secondary N) is 1. The van der Waals surface area contributed by atoms with E-state index in [1.807, 2.05) is 13.8 Å². The molecular formula is C14H19F2NO2. The van der Waals surface area contributed by atoms with Crippen molar-refractivity contribution in [3.63, 3.8) is 0 Å². The topological polar surface area (TPSA) is 49.3 Å². The molecule has 0 aliphatic carbocycles. The van der Waals surface area contributed by atoms with E-state index in [0.717, 1.165) is 6.07 Å². The van der Waals surface area contributed by atoms with Gasteiger partial charge < -0.3 is 10.4 Å². The van der Waals surface area contributed by atoms with Gasteiger partial charge in [0.1, 0.15) is 0 Å². The molecule has 1 aromatic carbocycles. The van der Waals surface area contributed by atoms with Crippen LogP contribution < -0.4 is 5.32 Å².